The van der Waals surface area contributed by atoms with Crippen LogP contribution in [0, 0.1) is 0 Å². The number of aliphatic carboxylic acids is 2. The highest BCUT2D eigenvalue weighted by atomic mass is 32.2. The van der Waals surface area contributed by atoms with Gasteiger partial charge in [-0.3, -0.25) is 24.0 Å². The van der Waals surface area contributed by atoms with Crippen molar-refractivity contribution in [3.05, 3.63) is 71.8 Å². The molecule has 4 unspecified atom stereocenters. The van der Waals surface area contributed by atoms with Crippen LogP contribution in [0.5, 0.6) is 0 Å². The van der Waals surface area contributed by atoms with Gasteiger partial charge in [-0.2, -0.15) is 0 Å². The smallest absolute Gasteiger partial charge is 0.322 e. The summed E-state index contributed by atoms with van der Waals surface area (Å²) in [6.07, 6.45) is -0.0703. The highest BCUT2D eigenvalue weighted by Crippen LogP contribution is 2.23. The molecule has 222 valence electrons. The molecular weight excluding hydrogens is 550 g/mol. The Morgan fingerprint density at radius 2 is 1.41 bits per heavy atom. The van der Waals surface area contributed by atoms with Crippen molar-refractivity contribution in [2.24, 2.45) is 5.73 Å². The van der Waals surface area contributed by atoms with Crippen LogP contribution in [0.25, 0.3) is 0 Å². The second-order valence-corrected chi connectivity index (χ2v) is 10.7. The number of thioether (sulfide) groups is 1. The number of carbonyl (C=O) groups is 5. The van der Waals surface area contributed by atoms with Crippen LogP contribution >= 0.6 is 11.8 Å². The Labute approximate surface area is 242 Å². The van der Waals surface area contributed by atoms with Crippen LogP contribution in [0.1, 0.15) is 36.8 Å². The standard InChI is InChI=1S/C29H37N3O8S/c30-21(29(39)40)13-16-25(35)32-22(28(38)31-17-26(36)37)18-41-27(23(33)14-11-19-7-3-1-4-8-19)24(34)15-12-20-9-5-2-6-10-20/h1-10,21-23,27,33H,11-18,30H2,(H,31,38)(H,32,35)(H,36,37)(H,39,40). The predicted octanol–water partition coefficient (Wildman–Crippen LogP) is 1.16. The number of aliphatic hydroxyl groups is 1. The lowest BCUT2D eigenvalue weighted by molar-refractivity contribution is -0.139. The van der Waals surface area contributed by atoms with E-state index < -0.39 is 53.7 Å². The Kier molecular flexibility index (Phi) is 14.6. The van der Waals surface area contributed by atoms with Gasteiger partial charge in [0.1, 0.15) is 24.4 Å². The highest BCUT2D eigenvalue weighted by Gasteiger charge is 2.30. The first-order chi connectivity index (χ1) is 19.6. The zero-order valence-corrected chi connectivity index (χ0v) is 23.4. The molecule has 12 heteroatoms. The molecule has 7 N–H and O–H groups in total. The zero-order chi connectivity index (χ0) is 30.2. The van der Waals surface area contributed by atoms with Crippen molar-refractivity contribution in [1.29, 1.82) is 0 Å². The molecule has 0 aliphatic carbocycles. The van der Waals surface area contributed by atoms with Crippen LogP contribution in [0.15, 0.2) is 60.7 Å². The van der Waals surface area contributed by atoms with Crippen LogP contribution in [0.2, 0.25) is 0 Å². The Balaban J connectivity index is 2.13. The quantitative estimate of drug-likeness (QED) is 0.139. The molecule has 0 aromatic heterocycles. The number of carbonyl (C=O) groups excluding carboxylic acids is 3. The molecule has 2 aromatic rings. The minimum absolute atomic E-state index is 0.133. The summed E-state index contributed by atoms with van der Waals surface area (Å²) in [5.74, 6) is -4.35. The fourth-order valence-corrected chi connectivity index (χ4v) is 5.23. The number of aryl methyl sites for hydroxylation is 2. The first kappa shape index (κ1) is 33.5. The van der Waals surface area contributed by atoms with E-state index in [1.807, 2.05) is 60.7 Å². The Morgan fingerprint density at radius 3 is 1.98 bits per heavy atom. The number of rotatable bonds is 19. The first-order valence-corrected chi connectivity index (χ1v) is 14.3. The number of amides is 2. The van der Waals surface area contributed by atoms with E-state index in [4.69, 9.17) is 15.9 Å². The maximum Gasteiger partial charge on any atom is 0.322 e. The summed E-state index contributed by atoms with van der Waals surface area (Å²) < 4.78 is 0. The van der Waals surface area contributed by atoms with Crippen molar-refractivity contribution in [1.82, 2.24) is 10.6 Å². The van der Waals surface area contributed by atoms with E-state index in [-0.39, 0.29) is 37.2 Å². The lowest BCUT2D eigenvalue weighted by atomic mass is 9.99. The van der Waals surface area contributed by atoms with E-state index in [0.717, 1.165) is 22.9 Å². The van der Waals surface area contributed by atoms with E-state index in [1.165, 1.54) is 0 Å². The number of Topliss-reactive ketones (excluding diaryl/α,β-unsaturated/α-hetero) is 1. The van der Waals surface area contributed by atoms with Crippen molar-refractivity contribution in [3.63, 3.8) is 0 Å². The number of benzene rings is 2. The fourth-order valence-electron chi connectivity index (χ4n) is 3.93. The van der Waals surface area contributed by atoms with E-state index in [1.54, 1.807) is 0 Å². The molecule has 0 aliphatic rings. The number of carboxylic acid groups (broad SMARTS) is 2. The van der Waals surface area contributed by atoms with Gasteiger partial charge in [-0.15, -0.1) is 11.8 Å². The van der Waals surface area contributed by atoms with Crippen molar-refractivity contribution >= 4 is 41.3 Å². The number of nitrogens with one attached hydrogen (secondary N) is 2. The molecule has 2 aromatic carbocycles. The Bertz CT molecular complexity index is 1150. The summed E-state index contributed by atoms with van der Waals surface area (Å²) in [6.45, 7) is -0.682. The molecule has 0 radical (unpaired) electrons. The van der Waals surface area contributed by atoms with Gasteiger partial charge < -0.3 is 31.7 Å². The van der Waals surface area contributed by atoms with Crippen LogP contribution in [-0.2, 0) is 36.8 Å². The van der Waals surface area contributed by atoms with Crippen molar-refractivity contribution < 1.29 is 39.3 Å². The van der Waals surface area contributed by atoms with Gasteiger partial charge in [0.25, 0.3) is 0 Å². The first-order valence-electron chi connectivity index (χ1n) is 13.2. The van der Waals surface area contributed by atoms with E-state index in [9.17, 15) is 29.1 Å². The maximum atomic E-state index is 13.3. The lowest BCUT2D eigenvalue weighted by Crippen LogP contribution is -2.50. The lowest BCUT2D eigenvalue weighted by Gasteiger charge is -2.25. The van der Waals surface area contributed by atoms with Gasteiger partial charge >= 0.3 is 11.9 Å². The van der Waals surface area contributed by atoms with Crippen LogP contribution in [0.3, 0.4) is 0 Å². The van der Waals surface area contributed by atoms with Gasteiger partial charge in [-0.05, 0) is 36.8 Å². The SMILES string of the molecule is NC(CCC(=O)NC(CSC(C(=O)CCc1ccccc1)C(O)CCc1ccccc1)C(=O)NCC(=O)O)C(=O)O. The molecule has 0 saturated carbocycles. The second-order valence-electron chi connectivity index (χ2n) is 9.51. The van der Waals surface area contributed by atoms with Gasteiger partial charge in [0.15, 0.2) is 0 Å². The Hall–Kier alpha value is -3.74. The molecule has 0 aliphatic heterocycles. The third-order valence-corrected chi connectivity index (χ3v) is 7.71. The minimum atomic E-state index is -1.28. The molecule has 0 saturated heterocycles. The van der Waals surface area contributed by atoms with Crippen LogP contribution < -0.4 is 16.4 Å². The molecule has 0 spiro atoms. The maximum absolute atomic E-state index is 13.3. The molecule has 0 fully saturated rings. The van der Waals surface area contributed by atoms with Crippen LogP contribution in [0.4, 0.5) is 0 Å². The van der Waals surface area contributed by atoms with Crippen molar-refractivity contribution in [2.75, 3.05) is 12.3 Å². The molecule has 0 heterocycles. The average Bonchev–Trinajstić information content (AvgIpc) is 2.96. The topological polar surface area (TPSA) is 196 Å². The second kappa shape index (κ2) is 17.8. The summed E-state index contributed by atoms with van der Waals surface area (Å²) in [6, 6.07) is 16.4. The minimum Gasteiger partial charge on any atom is -0.480 e. The molecule has 41 heavy (non-hydrogen) atoms. The molecular formula is C29H37N3O8S. The Morgan fingerprint density at radius 1 is 0.829 bits per heavy atom. The van der Waals surface area contributed by atoms with Gasteiger partial charge in [-0.1, -0.05) is 60.7 Å². The number of hydrogen-bond acceptors (Lipinski definition) is 8. The van der Waals surface area contributed by atoms with Gasteiger partial charge in [-0.25, -0.2) is 0 Å². The third kappa shape index (κ3) is 13.0. The largest absolute Gasteiger partial charge is 0.480 e. The number of carboxylic acids is 2. The molecule has 4 atom stereocenters. The zero-order valence-electron chi connectivity index (χ0n) is 22.6. The average molecular weight is 588 g/mol. The normalized spacial score (nSPS) is 13.8. The van der Waals surface area contributed by atoms with Crippen molar-refractivity contribution in [2.45, 2.75) is 62.0 Å². The number of hydrogen-bond donors (Lipinski definition) is 6. The summed E-state index contributed by atoms with van der Waals surface area (Å²) in [5, 5.41) is 32.7. The molecule has 2 rings (SSSR count). The molecule has 2 amide bonds. The van der Waals surface area contributed by atoms with Gasteiger partial charge in [0, 0.05) is 18.6 Å². The summed E-state index contributed by atoms with van der Waals surface area (Å²) >= 11 is 1.01. The fraction of sp³-hybridized carbons (Fsp3) is 0.414. The van der Waals surface area contributed by atoms with Gasteiger partial charge in [0.05, 0.1) is 11.4 Å². The predicted molar refractivity (Wildman–Crippen MR) is 154 cm³/mol. The highest BCUT2D eigenvalue weighted by molar-refractivity contribution is 8.00. The number of ketones is 1. The number of nitrogens with two attached hydrogens (primary N) is 1. The molecule has 11 nitrogen and oxygen atoms in total. The van der Waals surface area contributed by atoms with Crippen molar-refractivity contribution in [3.8, 4) is 0 Å². The summed E-state index contributed by atoms with van der Waals surface area (Å²) in [4.78, 5) is 60.4. The molecule has 0 bridgehead atoms. The summed E-state index contributed by atoms with van der Waals surface area (Å²) in [5.41, 5.74) is 7.40. The van der Waals surface area contributed by atoms with E-state index in [0.29, 0.717) is 12.8 Å². The third-order valence-electron chi connectivity index (χ3n) is 6.25. The summed E-state index contributed by atoms with van der Waals surface area (Å²) in [7, 11) is 0. The van der Waals surface area contributed by atoms with E-state index in [2.05, 4.69) is 10.6 Å². The number of aliphatic hydroxyl groups excluding tert-OH is 1. The van der Waals surface area contributed by atoms with Crippen LogP contribution in [-0.4, -0.2) is 80.6 Å². The van der Waals surface area contributed by atoms with Gasteiger partial charge in [0.2, 0.25) is 11.8 Å². The monoisotopic (exact) mass is 587 g/mol. The van der Waals surface area contributed by atoms with E-state index >= 15 is 0 Å².